The first-order valence-corrected chi connectivity index (χ1v) is 10.7. The fourth-order valence-corrected chi connectivity index (χ4v) is 5.86. The normalized spacial score (nSPS) is 28.2. The lowest BCUT2D eigenvalue weighted by atomic mass is 9.91. The van der Waals surface area contributed by atoms with Gasteiger partial charge in [0.2, 0.25) is 0 Å². The summed E-state index contributed by atoms with van der Waals surface area (Å²) in [6, 6.07) is 4.19. The number of fused-ring (bicyclic) bond motifs is 1. The van der Waals surface area contributed by atoms with E-state index >= 15 is 0 Å². The molecule has 0 radical (unpaired) electrons. The maximum Gasteiger partial charge on any atom is 0.153 e. The van der Waals surface area contributed by atoms with Crippen molar-refractivity contribution in [2.45, 2.75) is 52.7 Å². The molecular formula is C18H30N2O3S. The van der Waals surface area contributed by atoms with E-state index in [1.807, 2.05) is 19.1 Å². The van der Waals surface area contributed by atoms with Crippen LogP contribution in [0.25, 0.3) is 0 Å². The molecule has 0 unspecified atom stereocenters. The summed E-state index contributed by atoms with van der Waals surface area (Å²) in [5.74, 6) is 2.42. The number of aryl methyl sites for hydroxylation is 1. The third-order valence-corrected chi connectivity index (χ3v) is 6.91. The Morgan fingerprint density at radius 2 is 1.75 bits per heavy atom. The molecule has 2 aliphatic rings. The first-order valence-electron chi connectivity index (χ1n) is 8.87. The van der Waals surface area contributed by atoms with Crippen LogP contribution in [0.3, 0.4) is 0 Å². The Kier molecular flexibility index (Phi) is 4.84. The van der Waals surface area contributed by atoms with Crippen LogP contribution in [0, 0.1) is 12.3 Å². The Hall–Kier alpha value is -0.850. The number of sulfone groups is 1. The molecule has 2 aliphatic heterocycles. The van der Waals surface area contributed by atoms with Gasteiger partial charge in [0, 0.05) is 25.2 Å². The standard InChI is InChI=1S/C18H30N2O3S/c1-14-5-6-15(23-14)11-20-10-9-19(8-7-18(2,3)4)16-12-24(21,22)13-17(16)20/h5-6,16-17H,7-13H2,1-4H3/t16-,17+/m1/s1. The van der Waals surface area contributed by atoms with Gasteiger partial charge >= 0.3 is 0 Å². The summed E-state index contributed by atoms with van der Waals surface area (Å²) in [6.45, 7) is 12.2. The van der Waals surface area contributed by atoms with Crippen LogP contribution in [0.5, 0.6) is 0 Å². The highest BCUT2D eigenvalue weighted by atomic mass is 32.2. The zero-order valence-corrected chi connectivity index (χ0v) is 16.1. The van der Waals surface area contributed by atoms with Gasteiger partial charge in [0.05, 0.1) is 18.1 Å². The highest BCUT2D eigenvalue weighted by Crippen LogP contribution is 2.30. The lowest BCUT2D eigenvalue weighted by Gasteiger charge is -2.44. The van der Waals surface area contributed by atoms with Crippen LogP contribution in [-0.4, -0.2) is 61.4 Å². The van der Waals surface area contributed by atoms with E-state index in [-0.39, 0.29) is 23.3 Å². The molecule has 2 saturated heterocycles. The molecule has 1 aromatic heterocycles. The minimum Gasteiger partial charge on any atom is -0.465 e. The Labute approximate surface area is 145 Å². The number of furan rings is 1. The molecule has 3 rings (SSSR count). The van der Waals surface area contributed by atoms with Crippen molar-refractivity contribution in [3.63, 3.8) is 0 Å². The molecule has 0 N–H and O–H groups in total. The maximum absolute atomic E-state index is 12.3. The van der Waals surface area contributed by atoms with Gasteiger partial charge in [-0.3, -0.25) is 9.80 Å². The number of hydrogen-bond donors (Lipinski definition) is 0. The van der Waals surface area contributed by atoms with Gasteiger partial charge in [-0.1, -0.05) is 20.8 Å². The Morgan fingerprint density at radius 1 is 1.12 bits per heavy atom. The number of rotatable bonds is 4. The molecule has 24 heavy (non-hydrogen) atoms. The van der Waals surface area contributed by atoms with Crippen molar-refractivity contribution in [1.82, 2.24) is 9.80 Å². The van der Waals surface area contributed by atoms with Gasteiger partial charge in [0.15, 0.2) is 9.84 Å². The SMILES string of the molecule is Cc1ccc(CN2CCN(CCC(C)(C)C)[C@@H]3CS(=O)(=O)C[C@@H]32)o1. The fourth-order valence-electron chi connectivity index (χ4n) is 3.82. The smallest absolute Gasteiger partial charge is 0.153 e. The third kappa shape index (κ3) is 4.21. The van der Waals surface area contributed by atoms with E-state index in [1.54, 1.807) is 0 Å². The van der Waals surface area contributed by atoms with Gasteiger partial charge in [-0.15, -0.1) is 0 Å². The first kappa shape index (κ1) is 18.0. The van der Waals surface area contributed by atoms with Crippen molar-refractivity contribution in [3.8, 4) is 0 Å². The average Bonchev–Trinajstić information content (AvgIpc) is 2.99. The minimum absolute atomic E-state index is 0.0918. The summed E-state index contributed by atoms with van der Waals surface area (Å²) >= 11 is 0. The van der Waals surface area contributed by atoms with E-state index in [9.17, 15) is 8.42 Å². The zero-order valence-electron chi connectivity index (χ0n) is 15.3. The highest BCUT2D eigenvalue weighted by Gasteiger charge is 2.46. The molecule has 2 atom stereocenters. The van der Waals surface area contributed by atoms with Crippen LogP contribution >= 0.6 is 0 Å². The van der Waals surface area contributed by atoms with Crippen LogP contribution in [-0.2, 0) is 16.4 Å². The Bertz CT molecular complexity index is 675. The quantitative estimate of drug-likeness (QED) is 0.830. The summed E-state index contributed by atoms with van der Waals surface area (Å²) in [5, 5.41) is 0. The average molecular weight is 355 g/mol. The second-order valence-corrected chi connectivity index (χ2v) is 10.7. The van der Waals surface area contributed by atoms with Gasteiger partial charge in [0.1, 0.15) is 11.5 Å². The lowest BCUT2D eigenvalue weighted by molar-refractivity contribution is 0.0307. The molecule has 1 aromatic rings. The second kappa shape index (κ2) is 6.46. The minimum atomic E-state index is -2.95. The van der Waals surface area contributed by atoms with E-state index in [1.165, 1.54) is 0 Å². The van der Waals surface area contributed by atoms with Crippen molar-refractivity contribution in [2.24, 2.45) is 5.41 Å². The van der Waals surface area contributed by atoms with Crippen molar-refractivity contribution in [1.29, 1.82) is 0 Å². The topological polar surface area (TPSA) is 53.8 Å². The number of piperazine rings is 1. The number of hydrogen-bond acceptors (Lipinski definition) is 5. The Balaban J connectivity index is 1.72. The molecule has 0 spiro atoms. The van der Waals surface area contributed by atoms with Crippen LogP contribution in [0.15, 0.2) is 16.5 Å². The van der Waals surface area contributed by atoms with Gasteiger partial charge in [-0.05, 0) is 37.4 Å². The molecule has 0 amide bonds. The molecule has 3 heterocycles. The van der Waals surface area contributed by atoms with Crippen LogP contribution < -0.4 is 0 Å². The summed E-state index contributed by atoms with van der Waals surface area (Å²) in [6.07, 6.45) is 1.09. The third-order valence-electron chi connectivity index (χ3n) is 5.21. The van der Waals surface area contributed by atoms with Crippen molar-refractivity contribution in [2.75, 3.05) is 31.1 Å². The molecule has 2 fully saturated rings. The van der Waals surface area contributed by atoms with Crippen molar-refractivity contribution >= 4 is 9.84 Å². The number of nitrogens with zero attached hydrogens (tertiary/aromatic N) is 2. The van der Waals surface area contributed by atoms with Gasteiger partial charge in [-0.25, -0.2) is 8.42 Å². The predicted octanol–water partition coefficient (Wildman–Crippen LogP) is 2.31. The zero-order chi connectivity index (χ0) is 17.5. The highest BCUT2D eigenvalue weighted by molar-refractivity contribution is 7.91. The summed E-state index contributed by atoms with van der Waals surface area (Å²) in [5.41, 5.74) is 0.274. The van der Waals surface area contributed by atoms with E-state index < -0.39 is 9.84 Å². The molecule has 5 nitrogen and oxygen atoms in total. The van der Waals surface area contributed by atoms with Crippen LogP contribution in [0.4, 0.5) is 0 Å². The van der Waals surface area contributed by atoms with E-state index in [0.29, 0.717) is 12.3 Å². The van der Waals surface area contributed by atoms with Crippen molar-refractivity contribution in [3.05, 3.63) is 23.7 Å². The fraction of sp³-hybridized carbons (Fsp3) is 0.778. The van der Waals surface area contributed by atoms with Crippen LogP contribution in [0.2, 0.25) is 0 Å². The first-order chi connectivity index (χ1) is 11.1. The van der Waals surface area contributed by atoms with Gasteiger partial charge in [-0.2, -0.15) is 0 Å². The van der Waals surface area contributed by atoms with Gasteiger partial charge in [0.25, 0.3) is 0 Å². The molecule has 6 heteroatoms. The van der Waals surface area contributed by atoms with Crippen molar-refractivity contribution < 1.29 is 12.8 Å². The summed E-state index contributed by atoms with van der Waals surface area (Å²) in [4.78, 5) is 4.71. The van der Waals surface area contributed by atoms with Gasteiger partial charge < -0.3 is 4.42 Å². The largest absolute Gasteiger partial charge is 0.465 e. The van der Waals surface area contributed by atoms with Crippen LogP contribution in [0.1, 0.15) is 38.7 Å². The Morgan fingerprint density at radius 3 is 2.33 bits per heavy atom. The molecular weight excluding hydrogens is 324 g/mol. The van der Waals surface area contributed by atoms with E-state index in [2.05, 4.69) is 30.6 Å². The summed E-state index contributed by atoms with van der Waals surface area (Å²) < 4.78 is 30.2. The monoisotopic (exact) mass is 354 g/mol. The second-order valence-electron chi connectivity index (χ2n) is 8.54. The molecule has 0 saturated carbocycles. The lowest BCUT2D eigenvalue weighted by Crippen LogP contribution is -2.58. The molecule has 0 bridgehead atoms. The summed E-state index contributed by atoms with van der Waals surface area (Å²) in [7, 11) is -2.95. The molecule has 0 aromatic carbocycles. The van der Waals surface area contributed by atoms with E-state index in [0.717, 1.165) is 37.6 Å². The predicted molar refractivity (Wildman–Crippen MR) is 95.7 cm³/mol. The maximum atomic E-state index is 12.3. The molecule has 136 valence electrons. The molecule has 0 aliphatic carbocycles. The van der Waals surface area contributed by atoms with E-state index in [4.69, 9.17) is 4.42 Å².